The molecule has 2 unspecified atom stereocenters. The summed E-state index contributed by atoms with van der Waals surface area (Å²) in [4.78, 5) is 6.34. The first-order chi connectivity index (χ1) is 4.88. The lowest BCUT2D eigenvalue weighted by Gasteiger charge is -2.30. The predicted molar refractivity (Wildman–Crippen MR) is 40.7 cm³/mol. The third-order valence-electron chi connectivity index (χ3n) is 2.07. The van der Waals surface area contributed by atoms with Crippen molar-refractivity contribution >= 4 is 6.34 Å². The average molecular weight is 137 g/mol. The van der Waals surface area contributed by atoms with Crippen molar-refractivity contribution in [1.82, 2.24) is 10.2 Å². The molecule has 0 bridgehead atoms. The van der Waals surface area contributed by atoms with Crippen molar-refractivity contribution in [2.45, 2.75) is 19.0 Å². The highest BCUT2D eigenvalue weighted by Crippen LogP contribution is 2.12. The van der Waals surface area contributed by atoms with E-state index in [2.05, 4.69) is 22.1 Å². The number of aliphatic imine (C=N–C) groups is 1. The second kappa shape index (κ2) is 2.01. The third-order valence-corrected chi connectivity index (χ3v) is 2.07. The van der Waals surface area contributed by atoms with E-state index in [1.165, 1.54) is 0 Å². The van der Waals surface area contributed by atoms with E-state index in [1.807, 2.05) is 18.7 Å². The van der Waals surface area contributed by atoms with Gasteiger partial charge in [-0.2, -0.15) is 0 Å². The Hall–Kier alpha value is -0.990. The van der Waals surface area contributed by atoms with Crippen molar-refractivity contribution in [3.8, 4) is 0 Å². The highest BCUT2D eigenvalue weighted by Gasteiger charge is 2.26. The van der Waals surface area contributed by atoms with E-state index >= 15 is 0 Å². The molecule has 2 heterocycles. The van der Waals surface area contributed by atoms with Crippen LogP contribution in [0.4, 0.5) is 0 Å². The maximum absolute atomic E-state index is 4.19. The van der Waals surface area contributed by atoms with Crippen LogP contribution in [0.2, 0.25) is 0 Å². The normalized spacial score (nSPS) is 35.9. The summed E-state index contributed by atoms with van der Waals surface area (Å²) in [6, 6.07) is 1.07. The summed E-state index contributed by atoms with van der Waals surface area (Å²) in [6.45, 7) is 3.11. The Morgan fingerprint density at radius 1 is 1.70 bits per heavy atom. The Bertz CT molecular complexity index is 185. The zero-order valence-electron chi connectivity index (χ0n) is 5.99. The van der Waals surface area contributed by atoms with Gasteiger partial charge in [0.1, 0.15) is 0 Å². The van der Waals surface area contributed by atoms with Crippen LogP contribution in [0.1, 0.15) is 6.92 Å². The highest BCUT2D eigenvalue weighted by atomic mass is 15.3. The van der Waals surface area contributed by atoms with Crippen LogP contribution in [0.3, 0.4) is 0 Å². The number of rotatable bonds is 0. The molecule has 3 nitrogen and oxygen atoms in total. The first kappa shape index (κ1) is 5.77. The maximum Gasteiger partial charge on any atom is 0.0895 e. The second-order valence-electron chi connectivity index (χ2n) is 2.77. The summed E-state index contributed by atoms with van der Waals surface area (Å²) < 4.78 is 0. The molecule has 0 aromatic heterocycles. The van der Waals surface area contributed by atoms with E-state index in [0.29, 0.717) is 12.1 Å². The van der Waals surface area contributed by atoms with Crippen LogP contribution >= 0.6 is 0 Å². The minimum absolute atomic E-state index is 0.521. The fourth-order valence-electron chi connectivity index (χ4n) is 1.39. The zero-order valence-corrected chi connectivity index (χ0v) is 5.99. The van der Waals surface area contributed by atoms with Crippen molar-refractivity contribution in [1.29, 1.82) is 0 Å². The van der Waals surface area contributed by atoms with E-state index in [-0.39, 0.29) is 0 Å². The van der Waals surface area contributed by atoms with Crippen LogP contribution in [-0.2, 0) is 0 Å². The van der Waals surface area contributed by atoms with Crippen molar-refractivity contribution in [3.63, 3.8) is 0 Å². The lowest BCUT2D eigenvalue weighted by Crippen LogP contribution is -2.46. The molecule has 1 N–H and O–H groups in total. The first-order valence-corrected chi connectivity index (χ1v) is 3.58. The van der Waals surface area contributed by atoms with Crippen molar-refractivity contribution in [2.75, 3.05) is 6.54 Å². The van der Waals surface area contributed by atoms with Crippen molar-refractivity contribution in [3.05, 3.63) is 12.4 Å². The smallest absolute Gasteiger partial charge is 0.0895 e. The Morgan fingerprint density at radius 2 is 2.60 bits per heavy atom. The maximum atomic E-state index is 4.19. The molecule has 2 atom stereocenters. The van der Waals surface area contributed by atoms with Crippen LogP contribution in [0.25, 0.3) is 0 Å². The summed E-state index contributed by atoms with van der Waals surface area (Å²) in [5, 5.41) is 3.25. The molecule has 0 amide bonds. The molecular formula is C7H11N3. The number of fused-ring (bicyclic) bond motifs is 1. The lowest BCUT2D eigenvalue weighted by molar-refractivity contribution is 0.343. The Morgan fingerprint density at radius 3 is 3.40 bits per heavy atom. The number of hydrogen-bond acceptors (Lipinski definition) is 3. The van der Waals surface area contributed by atoms with Gasteiger partial charge in [-0.15, -0.1) is 0 Å². The SMILES string of the molecule is CC1NC=CN2C=NCC12. The van der Waals surface area contributed by atoms with Gasteiger partial charge in [-0.1, -0.05) is 0 Å². The Balaban J connectivity index is 2.19. The molecule has 3 heteroatoms. The summed E-state index contributed by atoms with van der Waals surface area (Å²) in [6.07, 6.45) is 5.90. The molecule has 0 aliphatic carbocycles. The molecule has 0 aromatic rings. The third kappa shape index (κ3) is 0.701. The Labute approximate surface area is 60.4 Å². The van der Waals surface area contributed by atoms with Crippen molar-refractivity contribution in [2.24, 2.45) is 4.99 Å². The Kier molecular flexibility index (Phi) is 1.16. The summed E-state index contributed by atoms with van der Waals surface area (Å²) in [5.41, 5.74) is 0. The van der Waals surface area contributed by atoms with Crippen LogP contribution in [0.15, 0.2) is 17.4 Å². The fraction of sp³-hybridized carbons (Fsp3) is 0.571. The van der Waals surface area contributed by atoms with Gasteiger partial charge in [-0.05, 0) is 6.92 Å². The fourth-order valence-corrected chi connectivity index (χ4v) is 1.39. The van der Waals surface area contributed by atoms with Gasteiger partial charge in [0.2, 0.25) is 0 Å². The van der Waals surface area contributed by atoms with Crippen molar-refractivity contribution < 1.29 is 0 Å². The van der Waals surface area contributed by atoms with Crippen LogP contribution in [0.5, 0.6) is 0 Å². The van der Waals surface area contributed by atoms with Gasteiger partial charge in [0.15, 0.2) is 0 Å². The summed E-state index contributed by atoms with van der Waals surface area (Å²) in [7, 11) is 0. The van der Waals surface area contributed by atoms with Crippen LogP contribution in [0, 0.1) is 0 Å². The quantitative estimate of drug-likeness (QED) is 0.515. The lowest BCUT2D eigenvalue weighted by atomic mass is 10.1. The minimum Gasteiger partial charge on any atom is -0.385 e. The largest absolute Gasteiger partial charge is 0.385 e. The predicted octanol–water partition coefficient (Wildman–Crippen LogP) is 0.162. The van der Waals surface area contributed by atoms with Gasteiger partial charge in [-0.3, -0.25) is 4.99 Å². The molecule has 54 valence electrons. The van der Waals surface area contributed by atoms with Gasteiger partial charge in [0.05, 0.1) is 18.9 Å². The van der Waals surface area contributed by atoms with Gasteiger partial charge >= 0.3 is 0 Å². The summed E-state index contributed by atoms with van der Waals surface area (Å²) >= 11 is 0. The number of nitrogens with one attached hydrogen (secondary N) is 1. The van der Waals surface area contributed by atoms with E-state index < -0.39 is 0 Å². The molecule has 2 rings (SSSR count). The molecule has 0 spiro atoms. The minimum atomic E-state index is 0.521. The van der Waals surface area contributed by atoms with Gasteiger partial charge in [0, 0.05) is 18.4 Å². The molecule has 0 fully saturated rings. The molecular weight excluding hydrogens is 126 g/mol. The second-order valence-corrected chi connectivity index (χ2v) is 2.77. The number of hydrogen-bond donors (Lipinski definition) is 1. The molecule has 2 aliphatic heterocycles. The summed E-state index contributed by atoms with van der Waals surface area (Å²) in [5.74, 6) is 0. The van der Waals surface area contributed by atoms with E-state index in [0.717, 1.165) is 6.54 Å². The highest BCUT2D eigenvalue weighted by molar-refractivity contribution is 5.60. The zero-order chi connectivity index (χ0) is 6.97. The monoisotopic (exact) mass is 137 g/mol. The first-order valence-electron chi connectivity index (χ1n) is 3.58. The molecule has 0 saturated carbocycles. The number of nitrogens with zero attached hydrogens (tertiary/aromatic N) is 2. The molecule has 0 saturated heterocycles. The average Bonchev–Trinajstić information content (AvgIpc) is 2.36. The van der Waals surface area contributed by atoms with E-state index in [9.17, 15) is 0 Å². The van der Waals surface area contributed by atoms with Gasteiger partial charge < -0.3 is 10.2 Å². The molecule has 2 aliphatic rings. The van der Waals surface area contributed by atoms with Gasteiger partial charge in [-0.25, -0.2) is 0 Å². The molecule has 10 heavy (non-hydrogen) atoms. The van der Waals surface area contributed by atoms with Crippen LogP contribution in [-0.4, -0.2) is 29.9 Å². The van der Waals surface area contributed by atoms with E-state index in [1.54, 1.807) is 0 Å². The van der Waals surface area contributed by atoms with Gasteiger partial charge in [0.25, 0.3) is 0 Å². The molecule has 0 aromatic carbocycles. The standard InChI is InChI=1S/C7H11N3/c1-6-7-4-8-5-10(7)3-2-9-6/h2-3,5-7,9H,4H2,1H3. The van der Waals surface area contributed by atoms with Crippen LogP contribution < -0.4 is 5.32 Å². The topological polar surface area (TPSA) is 27.6 Å². The van der Waals surface area contributed by atoms with E-state index in [4.69, 9.17) is 0 Å². The molecule has 0 radical (unpaired) electrons.